The summed E-state index contributed by atoms with van der Waals surface area (Å²) in [7, 11) is 3.06. The van der Waals surface area contributed by atoms with Crippen LogP contribution in [0.1, 0.15) is 12.5 Å². The molecule has 0 radical (unpaired) electrons. The number of halogens is 2. The number of nitrogens with one attached hydrogen (secondary N) is 1. The van der Waals surface area contributed by atoms with Gasteiger partial charge >= 0.3 is 0 Å². The third-order valence-corrected chi connectivity index (χ3v) is 2.65. The lowest BCUT2D eigenvalue weighted by molar-refractivity contribution is 0.190. The van der Waals surface area contributed by atoms with Crippen LogP contribution in [0.5, 0.6) is 11.5 Å². The molecule has 0 aliphatic rings. The number of likely N-dealkylation sites (N-methyl/N-ethyl adjacent to an activating group) is 1. The fourth-order valence-corrected chi connectivity index (χ4v) is 1.89. The van der Waals surface area contributed by atoms with E-state index < -0.39 is 5.67 Å². The van der Waals surface area contributed by atoms with Crippen LogP contribution in [0.3, 0.4) is 0 Å². The predicted molar refractivity (Wildman–Crippen MR) is 62.1 cm³/mol. The molecule has 16 heavy (non-hydrogen) atoms. The van der Waals surface area contributed by atoms with Crippen LogP contribution in [0, 0.1) is 0 Å². The lowest BCUT2D eigenvalue weighted by Crippen LogP contribution is -2.29. The Morgan fingerprint density at radius 3 is 2.69 bits per heavy atom. The highest BCUT2D eigenvalue weighted by Crippen LogP contribution is 2.38. The second-order valence-electron chi connectivity index (χ2n) is 3.73. The van der Waals surface area contributed by atoms with E-state index in [1.807, 2.05) is 0 Å². The third-order valence-electron chi connectivity index (χ3n) is 2.34. The number of ether oxygens (including phenoxy) is 1. The van der Waals surface area contributed by atoms with E-state index in [4.69, 9.17) is 16.3 Å². The van der Waals surface area contributed by atoms with E-state index in [1.165, 1.54) is 26.2 Å². The van der Waals surface area contributed by atoms with Gasteiger partial charge < -0.3 is 15.2 Å². The maximum absolute atomic E-state index is 14.2. The summed E-state index contributed by atoms with van der Waals surface area (Å²) in [4.78, 5) is 0. The molecule has 90 valence electrons. The van der Waals surface area contributed by atoms with E-state index in [2.05, 4.69) is 5.32 Å². The van der Waals surface area contributed by atoms with Gasteiger partial charge in [-0.1, -0.05) is 11.6 Å². The van der Waals surface area contributed by atoms with Gasteiger partial charge in [-0.2, -0.15) is 0 Å². The second-order valence-corrected chi connectivity index (χ2v) is 4.14. The smallest absolute Gasteiger partial charge is 0.160 e. The highest BCUT2D eigenvalue weighted by Gasteiger charge is 2.29. The molecule has 5 heteroatoms. The highest BCUT2D eigenvalue weighted by atomic mass is 35.5. The SMILES string of the molecule is CNCC(C)(F)c1cc(OC)c(O)cc1Cl. The van der Waals surface area contributed by atoms with Gasteiger partial charge in [0.05, 0.1) is 12.1 Å². The Balaban J connectivity index is 3.22. The van der Waals surface area contributed by atoms with Crippen molar-refractivity contribution in [3.05, 3.63) is 22.7 Å². The highest BCUT2D eigenvalue weighted by molar-refractivity contribution is 6.31. The van der Waals surface area contributed by atoms with Crippen LogP contribution in [0.15, 0.2) is 12.1 Å². The van der Waals surface area contributed by atoms with E-state index in [1.54, 1.807) is 7.05 Å². The van der Waals surface area contributed by atoms with Gasteiger partial charge in [-0.15, -0.1) is 0 Å². The average Bonchev–Trinajstić information content (AvgIpc) is 2.17. The first-order valence-electron chi connectivity index (χ1n) is 4.83. The largest absolute Gasteiger partial charge is 0.504 e. The number of aromatic hydroxyl groups is 1. The van der Waals surface area contributed by atoms with Gasteiger partial charge in [0.2, 0.25) is 0 Å². The molecule has 0 spiro atoms. The number of phenolic OH excluding ortho intramolecular Hbond substituents is 1. The van der Waals surface area contributed by atoms with E-state index in [-0.39, 0.29) is 28.6 Å². The molecule has 0 amide bonds. The quantitative estimate of drug-likeness (QED) is 0.859. The Labute approximate surface area is 99.2 Å². The topological polar surface area (TPSA) is 41.5 Å². The molecule has 0 bridgehead atoms. The molecule has 1 rings (SSSR count). The summed E-state index contributed by atoms with van der Waals surface area (Å²) in [6.07, 6.45) is 0. The monoisotopic (exact) mass is 247 g/mol. The number of phenols is 1. The van der Waals surface area contributed by atoms with E-state index >= 15 is 0 Å². The summed E-state index contributed by atoms with van der Waals surface area (Å²) >= 11 is 5.90. The van der Waals surface area contributed by atoms with Crippen molar-refractivity contribution >= 4 is 11.6 Å². The van der Waals surface area contributed by atoms with Gasteiger partial charge in [-0.3, -0.25) is 0 Å². The first-order chi connectivity index (χ1) is 7.42. The molecule has 0 aliphatic carbocycles. The van der Waals surface area contributed by atoms with Gasteiger partial charge in [0.15, 0.2) is 11.5 Å². The minimum atomic E-state index is -1.62. The minimum Gasteiger partial charge on any atom is -0.504 e. The van der Waals surface area contributed by atoms with Crippen molar-refractivity contribution < 1.29 is 14.2 Å². The van der Waals surface area contributed by atoms with Crippen molar-refractivity contribution in [1.29, 1.82) is 0 Å². The molecule has 1 atom stereocenters. The van der Waals surface area contributed by atoms with Crippen molar-refractivity contribution in [2.75, 3.05) is 20.7 Å². The molecular weight excluding hydrogens is 233 g/mol. The molecule has 1 aromatic rings. The molecule has 3 nitrogen and oxygen atoms in total. The zero-order chi connectivity index (χ0) is 12.3. The summed E-state index contributed by atoms with van der Waals surface area (Å²) in [6.45, 7) is 1.54. The Morgan fingerprint density at radius 1 is 1.56 bits per heavy atom. The number of alkyl halides is 1. The Kier molecular flexibility index (Phi) is 3.99. The standard InChI is InChI=1S/C11H15ClFNO2/c1-11(13,6-14-2)7-4-10(16-3)9(15)5-8(7)12/h4-5,14-15H,6H2,1-3H3. The van der Waals surface area contributed by atoms with Gasteiger partial charge in [0.1, 0.15) is 5.67 Å². The van der Waals surface area contributed by atoms with Crippen LogP contribution >= 0.6 is 11.6 Å². The predicted octanol–water partition coefficient (Wildman–Crippen LogP) is 2.46. The van der Waals surface area contributed by atoms with Crippen molar-refractivity contribution in [2.24, 2.45) is 0 Å². The molecule has 0 saturated carbocycles. The molecular formula is C11H15ClFNO2. The Morgan fingerprint density at radius 2 is 2.19 bits per heavy atom. The van der Waals surface area contributed by atoms with Crippen molar-refractivity contribution in [2.45, 2.75) is 12.6 Å². The van der Waals surface area contributed by atoms with Crippen LogP contribution in [0.25, 0.3) is 0 Å². The lowest BCUT2D eigenvalue weighted by atomic mass is 9.97. The maximum atomic E-state index is 14.2. The van der Waals surface area contributed by atoms with Crippen LogP contribution < -0.4 is 10.1 Å². The Bertz CT molecular complexity index is 382. The van der Waals surface area contributed by atoms with Crippen LogP contribution in [0.4, 0.5) is 4.39 Å². The third kappa shape index (κ3) is 2.57. The van der Waals surface area contributed by atoms with E-state index in [0.717, 1.165) is 0 Å². The molecule has 0 fully saturated rings. The van der Waals surface area contributed by atoms with Gasteiger partial charge in [-0.05, 0) is 20.0 Å². The normalized spacial score (nSPS) is 14.6. The first-order valence-corrected chi connectivity index (χ1v) is 5.20. The van der Waals surface area contributed by atoms with Gasteiger partial charge in [0, 0.05) is 18.2 Å². The molecule has 0 heterocycles. The Hall–Kier alpha value is -1.00. The van der Waals surface area contributed by atoms with Gasteiger partial charge in [-0.25, -0.2) is 4.39 Å². The fourth-order valence-electron chi connectivity index (χ4n) is 1.53. The number of rotatable bonds is 4. The maximum Gasteiger partial charge on any atom is 0.160 e. The molecule has 0 aromatic heterocycles. The summed E-state index contributed by atoms with van der Waals surface area (Å²) in [5.74, 6) is 0.107. The average molecular weight is 248 g/mol. The fraction of sp³-hybridized carbons (Fsp3) is 0.455. The van der Waals surface area contributed by atoms with Crippen molar-refractivity contribution in [1.82, 2.24) is 5.32 Å². The van der Waals surface area contributed by atoms with Crippen LogP contribution in [-0.2, 0) is 5.67 Å². The van der Waals surface area contributed by atoms with Crippen LogP contribution in [-0.4, -0.2) is 25.8 Å². The zero-order valence-electron chi connectivity index (χ0n) is 9.47. The summed E-state index contributed by atoms with van der Waals surface area (Å²) in [5.41, 5.74) is -1.33. The number of methoxy groups -OCH3 is 1. The van der Waals surface area contributed by atoms with Crippen molar-refractivity contribution in [3.8, 4) is 11.5 Å². The lowest BCUT2D eigenvalue weighted by Gasteiger charge is -2.22. The number of hydrogen-bond acceptors (Lipinski definition) is 3. The first kappa shape index (κ1) is 13.1. The van der Waals surface area contributed by atoms with E-state index in [0.29, 0.717) is 0 Å². The summed E-state index contributed by atoms with van der Waals surface area (Å²) < 4.78 is 19.2. The second kappa shape index (κ2) is 4.89. The zero-order valence-corrected chi connectivity index (χ0v) is 10.2. The molecule has 2 N–H and O–H groups in total. The molecule has 0 aliphatic heterocycles. The van der Waals surface area contributed by atoms with Crippen molar-refractivity contribution in [3.63, 3.8) is 0 Å². The van der Waals surface area contributed by atoms with Crippen LogP contribution in [0.2, 0.25) is 5.02 Å². The molecule has 1 unspecified atom stereocenters. The minimum absolute atomic E-state index is 0.100. The number of hydrogen-bond donors (Lipinski definition) is 2. The van der Waals surface area contributed by atoms with E-state index in [9.17, 15) is 9.50 Å². The summed E-state index contributed by atoms with van der Waals surface area (Å²) in [6, 6.07) is 2.69. The van der Waals surface area contributed by atoms with Gasteiger partial charge in [0.25, 0.3) is 0 Å². The molecule has 1 aromatic carbocycles. The number of benzene rings is 1. The summed E-state index contributed by atoms with van der Waals surface area (Å²) in [5, 5.41) is 12.4. The molecule has 0 saturated heterocycles.